The van der Waals surface area contributed by atoms with E-state index >= 15 is 0 Å². The lowest BCUT2D eigenvalue weighted by Gasteiger charge is -2.27. The molecule has 0 fully saturated rings. The Morgan fingerprint density at radius 3 is 2.28 bits per heavy atom. The fraction of sp³-hybridized carbons (Fsp3) is 0.417. The van der Waals surface area contributed by atoms with Gasteiger partial charge < -0.3 is 24.7 Å². The van der Waals surface area contributed by atoms with Crippen LogP contribution in [0.15, 0.2) is 18.2 Å². The van der Waals surface area contributed by atoms with E-state index in [9.17, 15) is 4.79 Å². The molecule has 0 radical (unpaired) electrons. The van der Waals surface area contributed by atoms with Crippen LogP contribution in [0, 0.1) is 0 Å². The van der Waals surface area contributed by atoms with Crippen LogP contribution in [-0.4, -0.2) is 33.3 Å². The van der Waals surface area contributed by atoms with E-state index in [0.717, 1.165) is 0 Å². The van der Waals surface area contributed by atoms with E-state index < -0.39 is 11.9 Å². The van der Waals surface area contributed by atoms with Crippen LogP contribution in [0.4, 0.5) is 5.69 Å². The zero-order chi connectivity index (χ0) is 13.8. The molecule has 0 amide bonds. The van der Waals surface area contributed by atoms with Crippen LogP contribution in [0.25, 0.3) is 0 Å². The molecule has 0 aliphatic heterocycles. The predicted molar refractivity (Wildman–Crippen MR) is 65.2 cm³/mol. The highest BCUT2D eigenvalue weighted by Crippen LogP contribution is 2.27. The van der Waals surface area contributed by atoms with Crippen LogP contribution in [0.5, 0.6) is 5.75 Å². The fourth-order valence-corrected chi connectivity index (χ4v) is 1.25. The molecule has 0 heterocycles. The highest BCUT2D eigenvalue weighted by atomic mass is 16.9. The average molecular weight is 255 g/mol. The Morgan fingerprint density at radius 2 is 1.83 bits per heavy atom. The number of methoxy groups -OCH3 is 3. The van der Waals surface area contributed by atoms with Crippen LogP contribution in [-0.2, 0) is 14.2 Å². The third-order valence-corrected chi connectivity index (χ3v) is 2.47. The Labute approximate surface area is 106 Å². The maximum absolute atomic E-state index is 11.3. The topological polar surface area (TPSA) is 80.0 Å². The molecule has 0 unspecified atom stereocenters. The lowest BCUT2D eigenvalue weighted by Crippen LogP contribution is -2.36. The standard InChI is InChI=1S/C12H17NO5/c1-12(16-3,17-4)18-10-6-5-8(7-9(10)13)11(14)15-2/h5-7H,13H2,1-4H3. The highest BCUT2D eigenvalue weighted by Gasteiger charge is 2.26. The van der Waals surface area contributed by atoms with Crippen LogP contribution < -0.4 is 10.5 Å². The van der Waals surface area contributed by atoms with Gasteiger partial charge in [0.05, 0.1) is 18.4 Å². The number of anilines is 1. The van der Waals surface area contributed by atoms with Gasteiger partial charge in [-0.1, -0.05) is 0 Å². The smallest absolute Gasteiger partial charge is 0.337 e. The minimum absolute atomic E-state index is 0.290. The molecular weight excluding hydrogens is 238 g/mol. The van der Waals surface area contributed by atoms with Crippen LogP contribution in [0.2, 0.25) is 0 Å². The molecule has 2 N–H and O–H groups in total. The molecule has 0 saturated heterocycles. The maximum Gasteiger partial charge on any atom is 0.337 e. The number of ether oxygens (including phenoxy) is 4. The number of benzene rings is 1. The SMILES string of the molecule is COC(=O)c1ccc(OC(C)(OC)OC)c(N)c1. The molecule has 0 spiro atoms. The summed E-state index contributed by atoms with van der Waals surface area (Å²) in [5.74, 6) is -1.34. The van der Waals surface area contributed by atoms with Gasteiger partial charge in [-0.3, -0.25) is 0 Å². The van der Waals surface area contributed by atoms with E-state index in [1.807, 2.05) is 0 Å². The second-order valence-electron chi connectivity index (χ2n) is 3.62. The number of hydrogen-bond acceptors (Lipinski definition) is 6. The van der Waals surface area contributed by atoms with E-state index in [1.54, 1.807) is 19.1 Å². The third kappa shape index (κ3) is 3.12. The number of nitrogens with two attached hydrogens (primary N) is 1. The first kappa shape index (κ1) is 14.3. The summed E-state index contributed by atoms with van der Waals surface area (Å²) in [6, 6.07) is 4.56. The van der Waals surface area contributed by atoms with Gasteiger partial charge in [0.1, 0.15) is 5.75 Å². The first-order valence-electron chi connectivity index (χ1n) is 5.23. The van der Waals surface area contributed by atoms with Gasteiger partial charge >= 0.3 is 11.9 Å². The van der Waals surface area contributed by atoms with Gasteiger partial charge in [0, 0.05) is 21.1 Å². The lowest BCUT2D eigenvalue weighted by atomic mass is 10.2. The molecule has 1 aromatic rings. The van der Waals surface area contributed by atoms with Crippen molar-refractivity contribution in [1.29, 1.82) is 0 Å². The average Bonchev–Trinajstić information content (AvgIpc) is 2.40. The van der Waals surface area contributed by atoms with Crippen LogP contribution in [0.3, 0.4) is 0 Å². The Hall–Kier alpha value is -1.79. The molecule has 6 heteroatoms. The van der Waals surface area contributed by atoms with E-state index in [4.69, 9.17) is 19.9 Å². The zero-order valence-electron chi connectivity index (χ0n) is 10.9. The fourth-order valence-electron chi connectivity index (χ4n) is 1.25. The zero-order valence-corrected chi connectivity index (χ0v) is 10.9. The number of esters is 1. The van der Waals surface area contributed by atoms with Crippen molar-refractivity contribution in [3.8, 4) is 5.75 Å². The normalized spacial score (nSPS) is 11.1. The first-order chi connectivity index (χ1) is 8.45. The van der Waals surface area contributed by atoms with Gasteiger partial charge in [0.2, 0.25) is 0 Å². The lowest BCUT2D eigenvalue weighted by molar-refractivity contribution is -0.309. The largest absolute Gasteiger partial charge is 0.465 e. The Morgan fingerprint density at radius 1 is 1.22 bits per heavy atom. The molecule has 0 aliphatic rings. The molecule has 1 aromatic carbocycles. The summed E-state index contributed by atoms with van der Waals surface area (Å²) in [6.45, 7) is 1.60. The summed E-state index contributed by atoms with van der Waals surface area (Å²) < 4.78 is 20.2. The third-order valence-electron chi connectivity index (χ3n) is 2.47. The van der Waals surface area contributed by atoms with Gasteiger partial charge in [-0.25, -0.2) is 4.79 Å². The molecule has 6 nitrogen and oxygen atoms in total. The van der Waals surface area contributed by atoms with Crippen molar-refractivity contribution in [2.45, 2.75) is 12.9 Å². The molecular formula is C12H17NO5. The van der Waals surface area contributed by atoms with Crippen molar-refractivity contribution < 1.29 is 23.7 Å². The Kier molecular flexibility index (Phi) is 4.52. The monoisotopic (exact) mass is 255 g/mol. The van der Waals surface area contributed by atoms with Crippen molar-refractivity contribution in [1.82, 2.24) is 0 Å². The summed E-state index contributed by atoms with van der Waals surface area (Å²) in [7, 11) is 4.20. The minimum Gasteiger partial charge on any atom is -0.465 e. The van der Waals surface area contributed by atoms with Gasteiger partial charge in [0.25, 0.3) is 0 Å². The Balaban J connectivity index is 2.96. The van der Waals surface area contributed by atoms with Gasteiger partial charge in [-0.2, -0.15) is 0 Å². The molecule has 0 aromatic heterocycles. The Bertz CT molecular complexity index is 428. The molecule has 100 valence electrons. The number of carbonyl (C=O) groups excluding carboxylic acids is 1. The van der Waals surface area contributed by atoms with Crippen molar-refractivity contribution in [2.24, 2.45) is 0 Å². The van der Waals surface area contributed by atoms with E-state index in [2.05, 4.69) is 4.74 Å². The number of rotatable bonds is 5. The molecule has 1 rings (SSSR count). The quantitative estimate of drug-likeness (QED) is 0.486. The predicted octanol–water partition coefficient (Wildman–Crippen LogP) is 1.40. The number of nitrogen functional groups attached to an aromatic ring is 1. The van der Waals surface area contributed by atoms with Crippen molar-refractivity contribution in [2.75, 3.05) is 27.1 Å². The summed E-state index contributed by atoms with van der Waals surface area (Å²) >= 11 is 0. The van der Waals surface area contributed by atoms with E-state index in [-0.39, 0.29) is 0 Å². The summed E-state index contributed by atoms with van der Waals surface area (Å²) in [6.07, 6.45) is 0. The molecule has 18 heavy (non-hydrogen) atoms. The second-order valence-corrected chi connectivity index (χ2v) is 3.62. The summed E-state index contributed by atoms with van der Waals surface area (Å²) in [4.78, 5) is 11.3. The minimum atomic E-state index is -1.24. The molecule has 0 aliphatic carbocycles. The number of carbonyl (C=O) groups is 1. The molecule has 0 atom stereocenters. The second kappa shape index (κ2) is 5.70. The van der Waals surface area contributed by atoms with Crippen LogP contribution in [0.1, 0.15) is 17.3 Å². The van der Waals surface area contributed by atoms with E-state index in [1.165, 1.54) is 27.4 Å². The van der Waals surface area contributed by atoms with Gasteiger partial charge in [-0.15, -0.1) is 0 Å². The summed E-state index contributed by atoms with van der Waals surface area (Å²) in [5, 5.41) is 0. The van der Waals surface area contributed by atoms with Crippen LogP contribution >= 0.6 is 0 Å². The first-order valence-corrected chi connectivity index (χ1v) is 5.23. The maximum atomic E-state index is 11.3. The van der Waals surface area contributed by atoms with Crippen molar-refractivity contribution >= 4 is 11.7 Å². The van der Waals surface area contributed by atoms with Crippen molar-refractivity contribution in [3.05, 3.63) is 23.8 Å². The summed E-state index contributed by atoms with van der Waals surface area (Å²) in [5.41, 5.74) is 6.42. The molecule has 0 bridgehead atoms. The van der Waals surface area contributed by atoms with E-state index in [0.29, 0.717) is 17.0 Å². The molecule has 0 saturated carbocycles. The van der Waals surface area contributed by atoms with Gasteiger partial charge in [-0.05, 0) is 18.2 Å². The van der Waals surface area contributed by atoms with Gasteiger partial charge in [0.15, 0.2) is 0 Å². The number of hydrogen-bond donors (Lipinski definition) is 1. The van der Waals surface area contributed by atoms with Crippen molar-refractivity contribution in [3.63, 3.8) is 0 Å². The highest BCUT2D eigenvalue weighted by molar-refractivity contribution is 5.90.